The van der Waals surface area contributed by atoms with E-state index in [4.69, 9.17) is 9.47 Å². The molecule has 0 heterocycles. The van der Waals surface area contributed by atoms with E-state index < -0.39 is 0 Å². The molecule has 0 saturated heterocycles. The molecule has 180 valence electrons. The molecule has 0 N–H and O–H groups in total. The molecule has 0 atom stereocenters. The van der Waals surface area contributed by atoms with Crippen molar-refractivity contribution in [3.63, 3.8) is 0 Å². The molecule has 0 aliphatic heterocycles. The molecule has 4 heteroatoms. The van der Waals surface area contributed by atoms with E-state index in [1.165, 1.54) is 27.1 Å². The van der Waals surface area contributed by atoms with Crippen molar-refractivity contribution < 1.29 is 9.47 Å². The van der Waals surface area contributed by atoms with Gasteiger partial charge in [0, 0.05) is 19.4 Å². The van der Waals surface area contributed by atoms with Crippen molar-refractivity contribution in [3.05, 3.63) is 117 Å². The van der Waals surface area contributed by atoms with Gasteiger partial charge in [0.1, 0.15) is 18.1 Å². The van der Waals surface area contributed by atoms with Crippen molar-refractivity contribution in [2.45, 2.75) is 30.2 Å². The minimum Gasteiger partial charge on any atom is -0.496 e. The van der Waals surface area contributed by atoms with Gasteiger partial charge < -0.3 is 9.47 Å². The van der Waals surface area contributed by atoms with E-state index in [1.54, 1.807) is 18.9 Å². The summed E-state index contributed by atoms with van der Waals surface area (Å²) in [6.07, 6.45) is 0. The minimum atomic E-state index is 0.512. The molecule has 0 bridgehead atoms. The van der Waals surface area contributed by atoms with E-state index in [-0.39, 0.29) is 0 Å². The first-order valence-electron chi connectivity index (χ1n) is 11.9. The number of fused-ring (bicyclic) bond motifs is 1. The molecular formula is C32H27IO2S. The summed E-state index contributed by atoms with van der Waals surface area (Å²) >= 11 is 4.20. The van der Waals surface area contributed by atoms with E-state index in [2.05, 4.69) is 115 Å². The predicted molar refractivity (Wildman–Crippen MR) is 159 cm³/mol. The second-order valence-electron chi connectivity index (χ2n) is 8.74. The zero-order chi connectivity index (χ0) is 25.1. The molecule has 2 nitrogen and oxygen atoms in total. The number of methoxy groups -OCH3 is 1. The molecule has 0 fully saturated rings. The lowest BCUT2D eigenvalue weighted by Gasteiger charge is -2.19. The molecule has 0 radical (unpaired) electrons. The number of halogens is 1. The number of rotatable bonds is 7. The first-order chi connectivity index (χ1) is 17.5. The molecule has 5 aromatic rings. The summed E-state index contributed by atoms with van der Waals surface area (Å²) in [7, 11) is 1.74. The third kappa shape index (κ3) is 5.11. The lowest BCUT2D eigenvalue weighted by molar-refractivity contribution is 0.309. The maximum Gasteiger partial charge on any atom is 0.133 e. The zero-order valence-corrected chi connectivity index (χ0v) is 23.5. The molecule has 0 unspecified atom stereocenters. The fourth-order valence-corrected chi connectivity index (χ4v) is 6.41. The van der Waals surface area contributed by atoms with Crippen LogP contribution in [0.3, 0.4) is 0 Å². The highest BCUT2D eigenvalue weighted by Crippen LogP contribution is 2.46. The molecule has 36 heavy (non-hydrogen) atoms. The smallest absolute Gasteiger partial charge is 0.133 e. The number of hydrogen-bond donors (Lipinski definition) is 0. The third-order valence-electron chi connectivity index (χ3n) is 6.26. The standard InChI is InChI=1S/C32H27IO2S/c1-21-11-10-12-22(2)32(21)36-30-18-26-25(17-29(30)34-3)28(35-20-23-13-6-4-7-14-23)19-27(33)31(26)24-15-8-5-9-16-24/h4-19H,20H2,1-3H3. The maximum atomic E-state index is 6.41. The van der Waals surface area contributed by atoms with Crippen LogP contribution in [0.1, 0.15) is 16.7 Å². The SMILES string of the molecule is COc1cc2c(OCc3ccccc3)cc(I)c(-c3ccccc3)c2cc1Sc1c(C)cccc1C. The molecule has 5 rings (SSSR count). The van der Waals surface area contributed by atoms with Crippen molar-refractivity contribution in [3.8, 4) is 22.6 Å². The second kappa shape index (κ2) is 11.0. The summed E-state index contributed by atoms with van der Waals surface area (Å²) in [5.74, 6) is 1.71. The molecule has 0 saturated carbocycles. The Hall–Kier alpha value is -2.96. The molecule has 5 aromatic carbocycles. The Morgan fingerprint density at radius 2 is 1.39 bits per heavy atom. The Morgan fingerprint density at radius 1 is 0.722 bits per heavy atom. The molecular weight excluding hydrogens is 575 g/mol. The molecule has 0 aliphatic rings. The predicted octanol–water partition coefficient (Wildman–Crippen LogP) is 9.47. The van der Waals surface area contributed by atoms with Gasteiger partial charge in [-0.25, -0.2) is 0 Å². The van der Waals surface area contributed by atoms with Gasteiger partial charge >= 0.3 is 0 Å². The quantitative estimate of drug-likeness (QED) is 0.173. The topological polar surface area (TPSA) is 18.5 Å². The van der Waals surface area contributed by atoms with Gasteiger partial charge in [-0.15, -0.1) is 0 Å². The van der Waals surface area contributed by atoms with E-state index in [0.29, 0.717) is 6.61 Å². The monoisotopic (exact) mass is 602 g/mol. The van der Waals surface area contributed by atoms with Gasteiger partial charge in [0.2, 0.25) is 0 Å². The highest BCUT2D eigenvalue weighted by molar-refractivity contribution is 14.1. The second-order valence-corrected chi connectivity index (χ2v) is 11.0. The lowest BCUT2D eigenvalue weighted by atomic mass is 9.97. The van der Waals surface area contributed by atoms with Crippen molar-refractivity contribution >= 4 is 45.1 Å². The Bertz CT molecular complexity index is 1490. The third-order valence-corrected chi connectivity index (χ3v) is 8.49. The summed E-state index contributed by atoms with van der Waals surface area (Å²) < 4.78 is 13.5. The largest absolute Gasteiger partial charge is 0.496 e. The summed E-state index contributed by atoms with van der Waals surface area (Å²) in [5.41, 5.74) is 6.07. The van der Waals surface area contributed by atoms with E-state index in [0.717, 1.165) is 36.3 Å². The van der Waals surface area contributed by atoms with Crippen LogP contribution < -0.4 is 9.47 Å². The Balaban J connectivity index is 1.69. The summed E-state index contributed by atoms with van der Waals surface area (Å²) in [4.78, 5) is 2.36. The lowest BCUT2D eigenvalue weighted by Crippen LogP contribution is -1.99. The van der Waals surface area contributed by atoms with Crippen molar-refractivity contribution in [1.29, 1.82) is 0 Å². The van der Waals surface area contributed by atoms with Crippen LogP contribution >= 0.6 is 34.4 Å². The maximum absolute atomic E-state index is 6.41. The number of ether oxygens (including phenoxy) is 2. The summed E-state index contributed by atoms with van der Waals surface area (Å²) in [5, 5.41) is 2.21. The average molecular weight is 603 g/mol. The van der Waals surface area contributed by atoms with Crippen LogP contribution in [0.25, 0.3) is 21.9 Å². The summed E-state index contributed by atoms with van der Waals surface area (Å²) in [6, 6.07) is 33.8. The fraction of sp³-hybridized carbons (Fsp3) is 0.125. The molecule has 0 spiro atoms. The number of hydrogen-bond acceptors (Lipinski definition) is 3. The highest BCUT2D eigenvalue weighted by atomic mass is 127. The normalized spacial score (nSPS) is 11.0. The summed E-state index contributed by atoms with van der Waals surface area (Å²) in [6.45, 7) is 4.84. The van der Waals surface area contributed by atoms with Gasteiger partial charge in [-0.2, -0.15) is 0 Å². The van der Waals surface area contributed by atoms with Crippen molar-refractivity contribution in [2.75, 3.05) is 7.11 Å². The van der Waals surface area contributed by atoms with Gasteiger partial charge in [-0.1, -0.05) is 90.6 Å². The first kappa shape index (κ1) is 24.7. The molecule has 0 aromatic heterocycles. The van der Waals surface area contributed by atoms with Crippen molar-refractivity contribution in [2.24, 2.45) is 0 Å². The van der Waals surface area contributed by atoms with Gasteiger partial charge in [-0.05, 0) is 82.3 Å². The van der Waals surface area contributed by atoms with Crippen LogP contribution in [0.5, 0.6) is 11.5 Å². The van der Waals surface area contributed by atoms with Crippen LogP contribution in [-0.4, -0.2) is 7.11 Å². The highest BCUT2D eigenvalue weighted by Gasteiger charge is 2.18. The van der Waals surface area contributed by atoms with Crippen LogP contribution in [0.4, 0.5) is 0 Å². The van der Waals surface area contributed by atoms with E-state index in [9.17, 15) is 0 Å². The Kier molecular flexibility index (Phi) is 7.54. The Labute approximate surface area is 230 Å². The van der Waals surface area contributed by atoms with E-state index in [1.807, 2.05) is 18.2 Å². The van der Waals surface area contributed by atoms with Gasteiger partial charge in [0.05, 0.1) is 12.0 Å². The first-order valence-corrected chi connectivity index (χ1v) is 13.7. The van der Waals surface area contributed by atoms with Crippen LogP contribution in [-0.2, 0) is 6.61 Å². The van der Waals surface area contributed by atoms with Gasteiger partial charge in [0.25, 0.3) is 0 Å². The van der Waals surface area contributed by atoms with Gasteiger partial charge in [-0.3, -0.25) is 0 Å². The van der Waals surface area contributed by atoms with Crippen LogP contribution in [0, 0.1) is 17.4 Å². The number of aryl methyl sites for hydroxylation is 2. The zero-order valence-electron chi connectivity index (χ0n) is 20.5. The Morgan fingerprint density at radius 3 is 2.06 bits per heavy atom. The molecule has 0 amide bonds. The van der Waals surface area contributed by atoms with E-state index >= 15 is 0 Å². The van der Waals surface area contributed by atoms with Crippen LogP contribution in [0.15, 0.2) is 107 Å². The average Bonchev–Trinajstić information content (AvgIpc) is 2.90. The number of benzene rings is 5. The van der Waals surface area contributed by atoms with Gasteiger partial charge in [0.15, 0.2) is 0 Å². The minimum absolute atomic E-state index is 0.512. The fourth-order valence-electron chi connectivity index (χ4n) is 4.43. The molecule has 0 aliphatic carbocycles. The van der Waals surface area contributed by atoms with Crippen molar-refractivity contribution in [1.82, 2.24) is 0 Å². The van der Waals surface area contributed by atoms with Crippen LogP contribution in [0.2, 0.25) is 0 Å².